The SMILES string of the molecule is CCN(Cc1cccs1)C(=O)C[NH+](C)CC(=O)Nc1ccccc1Cl. The number of halogens is 1. The number of nitrogens with one attached hydrogen (secondary N) is 2. The monoisotopic (exact) mass is 380 g/mol. The molecule has 5 nitrogen and oxygen atoms in total. The van der Waals surface area contributed by atoms with E-state index >= 15 is 0 Å². The van der Waals surface area contributed by atoms with Crippen molar-refractivity contribution in [3.8, 4) is 0 Å². The summed E-state index contributed by atoms with van der Waals surface area (Å²) in [4.78, 5) is 28.4. The van der Waals surface area contributed by atoms with Gasteiger partial charge in [-0.3, -0.25) is 9.59 Å². The van der Waals surface area contributed by atoms with Gasteiger partial charge in [-0.2, -0.15) is 0 Å². The lowest BCUT2D eigenvalue weighted by Crippen LogP contribution is -3.11. The third kappa shape index (κ3) is 6.16. The second-order valence-corrected chi connectivity index (χ2v) is 7.27. The summed E-state index contributed by atoms with van der Waals surface area (Å²) < 4.78 is 0. The fraction of sp³-hybridized carbons (Fsp3) is 0.333. The smallest absolute Gasteiger partial charge is 0.279 e. The van der Waals surface area contributed by atoms with E-state index in [9.17, 15) is 9.59 Å². The molecule has 0 radical (unpaired) electrons. The van der Waals surface area contributed by atoms with Crippen molar-refractivity contribution in [1.29, 1.82) is 0 Å². The summed E-state index contributed by atoms with van der Waals surface area (Å²) in [7, 11) is 1.84. The molecule has 0 aliphatic carbocycles. The van der Waals surface area contributed by atoms with E-state index in [0.717, 1.165) is 9.78 Å². The van der Waals surface area contributed by atoms with Gasteiger partial charge in [0.2, 0.25) is 0 Å². The van der Waals surface area contributed by atoms with Crippen molar-refractivity contribution in [1.82, 2.24) is 4.90 Å². The van der Waals surface area contributed by atoms with Crippen LogP contribution in [0.5, 0.6) is 0 Å². The minimum atomic E-state index is -0.167. The number of rotatable bonds is 8. The molecular weight excluding hydrogens is 358 g/mol. The molecule has 1 aromatic heterocycles. The zero-order valence-electron chi connectivity index (χ0n) is 14.4. The Morgan fingerprint density at radius 1 is 1.20 bits per heavy atom. The number of thiophene rings is 1. The molecule has 2 amide bonds. The molecule has 1 aromatic carbocycles. The van der Waals surface area contributed by atoms with Gasteiger partial charge in [-0.25, -0.2) is 0 Å². The van der Waals surface area contributed by atoms with Crippen LogP contribution in [0.15, 0.2) is 41.8 Å². The average Bonchev–Trinajstić information content (AvgIpc) is 3.07. The van der Waals surface area contributed by atoms with Gasteiger partial charge in [-0.05, 0) is 30.5 Å². The maximum absolute atomic E-state index is 12.5. The molecule has 134 valence electrons. The molecule has 7 heteroatoms. The van der Waals surface area contributed by atoms with Crippen molar-refractivity contribution < 1.29 is 14.5 Å². The first-order valence-corrected chi connectivity index (χ1v) is 9.41. The Balaban J connectivity index is 1.83. The Morgan fingerprint density at radius 3 is 2.60 bits per heavy atom. The van der Waals surface area contributed by atoms with Gasteiger partial charge in [0, 0.05) is 11.4 Å². The van der Waals surface area contributed by atoms with Gasteiger partial charge in [0.05, 0.1) is 24.3 Å². The highest BCUT2D eigenvalue weighted by Crippen LogP contribution is 2.19. The van der Waals surface area contributed by atoms with Crippen molar-refractivity contribution in [2.24, 2.45) is 0 Å². The molecular formula is C18H23ClN3O2S+. The third-order valence-electron chi connectivity index (χ3n) is 3.72. The highest BCUT2D eigenvalue weighted by atomic mass is 35.5. The molecule has 0 spiro atoms. The maximum Gasteiger partial charge on any atom is 0.279 e. The standard InChI is InChI=1S/C18H22ClN3O2S/c1-3-22(11-14-7-6-10-25-14)18(24)13-21(2)12-17(23)20-16-9-5-4-8-15(16)19/h4-10H,3,11-13H2,1-2H3,(H,20,23)/p+1. The van der Waals surface area contributed by atoms with Crippen molar-refractivity contribution in [3.63, 3.8) is 0 Å². The number of carbonyl (C=O) groups excluding carboxylic acids is 2. The van der Waals surface area contributed by atoms with E-state index in [1.165, 1.54) is 0 Å². The minimum Gasteiger partial charge on any atom is -0.333 e. The van der Waals surface area contributed by atoms with Crippen molar-refractivity contribution >= 4 is 40.4 Å². The highest BCUT2D eigenvalue weighted by Gasteiger charge is 2.19. The van der Waals surface area contributed by atoms with Gasteiger partial charge in [0.15, 0.2) is 13.1 Å². The normalized spacial score (nSPS) is 11.8. The number of likely N-dealkylation sites (N-methyl/N-ethyl adjacent to an activating group) is 2. The van der Waals surface area contributed by atoms with Crippen molar-refractivity contribution in [3.05, 3.63) is 51.7 Å². The molecule has 0 bridgehead atoms. The topological polar surface area (TPSA) is 53.9 Å². The third-order valence-corrected chi connectivity index (χ3v) is 4.92. The lowest BCUT2D eigenvalue weighted by Gasteiger charge is -2.22. The van der Waals surface area contributed by atoms with Crippen molar-refractivity contribution in [2.45, 2.75) is 13.5 Å². The van der Waals surface area contributed by atoms with Crippen LogP contribution in [0, 0.1) is 0 Å². The molecule has 2 rings (SSSR count). The second kappa shape index (κ2) is 9.56. The first kappa shape index (κ1) is 19.4. The van der Waals surface area contributed by atoms with Crippen LogP contribution in [0.3, 0.4) is 0 Å². The molecule has 1 unspecified atom stereocenters. The van der Waals surface area contributed by atoms with E-state index in [1.807, 2.05) is 37.6 Å². The van der Waals surface area contributed by atoms with E-state index < -0.39 is 0 Å². The predicted molar refractivity (Wildman–Crippen MR) is 102 cm³/mol. The van der Waals surface area contributed by atoms with E-state index in [0.29, 0.717) is 23.8 Å². The highest BCUT2D eigenvalue weighted by molar-refractivity contribution is 7.09. The molecule has 1 atom stereocenters. The molecule has 2 N–H and O–H groups in total. The van der Waals surface area contributed by atoms with Gasteiger partial charge >= 0.3 is 0 Å². The second-order valence-electron chi connectivity index (χ2n) is 5.83. The summed E-state index contributed by atoms with van der Waals surface area (Å²) in [5, 5.41) is 5.28. The molecule has 2 aromatic rings. The number of anilines is 1. The average molecular weight is 381 g/mol. The van der Waals surface area contributed by atoms with Gasteiger partial charge < -0.3 is 15.1 Å². The van der Waals surface area contributed by atoms with E-state index in [-0.39, 0.29) is 24.9 Å². The van der Waals surface area contributed by atoms with Crippen LogP contribution in [0.25, 0.3) is 0 Å². The zero-order chi connectivity index (χ0) is 18.2. The lowest BCUT2D eigenvalue weighted by atomic mass is 10.3. The van der Waals surface area contributed by atoms with Crippen LogP contribution in [0.1, 0.15) is 11.8 Å². The molecule has 0 fully saturated rings. The number of benzene rings is 1. The Morgan fingerprint density at radius 2 is 1.96 bits per heavy atom. The summed E-state index contributed by atoms with van der Waals surface area (Å²) in [5.41, 5.74) is 0.584. The van der Waals surface area contributed by atoms with Crippen LogP contribution in [0.2, 0.25) is 5.02 Å². The summed E-state index contributed by atoms with van der Waals surface area (Å²) >= 11 is 7.67. The Bertz CT molecular complexity index is 706. The number of hydrogen-bond donors (Lipinski definition) is 2. The number of quaternary nitrogens is 1. The van der Waals surface area contributed by atoms with Crippen LogP contribution in [0.4, 0.5) is 5.69 Å². The number of nitrogens with zero attached hydrogens (tertiary/aromatic N) is 1. The lowest BCUT2D eigenvalue weighted by molar-refractivity contribution is -0.862. The van der Waals surface area contributed by atoms with Gasteiger partial charge in [-0.15, -0.1) is 11.3 Å². The molecule has 0 aliphatic rings. The fourth-order valence-corrected chi connectivity index (χ4v) is 3.33. The quantitative estimate of drug-likeness (QED) is 0.735. The molecule has 1 heterocycles. The Hall–Kier alpha value is -1.89. The first-order valence-electron chi connectivity index (χ1n) is 8.15. The van der Waals surface area contributed by atoms with E-state index in [1.54, 1.807) is 34.4 Å². The molecule has 0 aliphatic heterocycles. The largest absolute Gasteiger partial charge is 0.333 e. The van der Waals surface area contributed by atoms with Gasteiger partial charge in [0.1, 0.15) is 0 Å². The summed E-state index contributed by atoms with van der Waals surface area (Å²) in [5.74, 6) is -0.126. The Kier molecular flexibility index (Phi) is 7.43. The van der Waals surface area contributed by atoms with E-state index in [2.05, 4.69) is 5.32 Å². The molecule has 25 heavy (non-hydrogen) atoms. The summed E-state index contributed by atoms with van der Waals surface area (Å²) in [6.07, 6.45) is 0. The van der Waals surface area contributed by atoms with Crippen LogP contribution in [-0.2, 0) is 16.1 Å². The number of hydrogen-bond acceptors (Lipinski definition) is 3. The Labute approximate surface area is 157 Å². The number of carbonyl (C=O) groups is 2. The maximum atomic E-state index is 12.5. The summed E-state index contributed by atoms with van der Waals surface area (Å²) in [6.45, 7) is 3.70. The zero-order valence-corrected chi connectivity index (χ0v) is 16.0. The van der Waals surface area contributed by atoms with Crippen LogP contribution >= 0.6 is 22.9 Å². The number of para-hydroxylation sites is 1. The predicted octanol–water partition coefficient (Wildman–Crippen LogP) is 1.90. The fourth-order valence-electron chi connectivity index (χ4n) is 2.43. The minimum absolute atomic E-state index is 0.0407. The molecule has 0 saturated heterocycles. The number of amides is 2. The molecule has 0 saturated carbocycles. The summed E-state index contributed by atoms with van der Waals surface area (Å²) in [6, 6.07) is 11.1. The first-order chi connectivity index (χ1) is 12.0. The van der Waals surface area contributed by atoms with Crippen LogP contribution < -0.4 is 10.2 Å². The van der Waals surface area contributed by atoms with Gasteiger partial charge in [0.25, 0.3) is 11.8 Å². The van der Waals surface area contributed by atoms with Crippen LogP contribution in [-0.4, -0.2) is 43.4 Å². The van der Waals surface area contributed by atoms with Crippen molar-refractivity contribution in [2.75, 3.05) is 32.0 Å². The van der Waals surface area contributed by atoms with E-state index in [4.69, 9.17) is 11.6 Å². The van der Waals surface area contributed by atoms with Gasteiger partial charge in [-0.1, -0.05) is 29.8 Å².